The van der Waals surface area contributed by atoms with Gasteiger partial charge in [-0.3, -0.25) is 0 Å². The summed E-state index contributed by atoms with van der Waals surface area (Å²) in [5, 5.41) is 3.22. The van der Waals surface area contributed by atoms with Crippen molar-refractivity contribution in [1.82, 2.24) is 0 Å². The van der Waals surface area contributed by atoms with Gasteiger partial charge in [0.15, 0.2) is 0 Å². The third-order valence-electron chi connectivity index (χ3n) is 3.04. The average molecular weight is 308 g/mol. The SMILES string of the molecule is CN(C)c1ccc(CNc2ccccc2SC(F)F)cc1. The number of para-hydroxylation sites is 1. The summed E-state index contributed by atoms with van der Waals surface area (Å²) in [7, 11) is 3.98. The molecule has 2 aromatic rings. The zero-order valence-corrected chi connectivity index (χ0v) is 12.8. The van der Waals surface area contributed by atoms with Gasteiger partial charge in [0.2, 0.25) is 0 Å². The summed E-state index contributed by atoms with van der Waals surface area (Å²) in [6, 6.07) is 15.3. The highest BCUT2D eigenvalue weighted by Gasteiger charge is 2.09. The molecule has 2 nitrogen and oxygen atoms in total. The molecule has 0 atom stereocenters. The number of nitrogens with zero attached hydrogens (tertiary/aromatic N) is 1. The first kappa shape index (κ1) is 15.6. The van der Waals surface area contributed by atoms with Crippen LogP contribution in [0.1, 0.15) is 5.56 Å². The number of rotatable bonds is 6. The maximum Gasteiger partial charge on any atom is 0.288 e. The standard InChI is InChI=1S/C16H18F2N2S/c1-20(2)13-9-7-12(8-10-13)11-19-14-5-3-4-6-15(14)21-16(17)18/h3-10,16,19H,11H2,1-2H3. The fourth-order valence-electron chi connectivity index (χ4n) is 1.92. The lowest BCUT2D eigenvalue weighted by Gasteiger charge is -2.14. The first-order valence-electron chi connectivity index (χ1n) is 6.60. The van der Waals surface area contributed by atoms with Gasteiger partial charge in [-0.2, -0.15) is 8.78 Å². The van der Waals surface area contributed by atoms with Crippen LogP contribution in [0.3, 0.4) is 0 Å². The molecule has 2 aromatic carbocycles. The minimum absolute atomic E-state index is 0.564. The van der Waals surface area contributed by atoms with Crippen molar-refractivity contribution in [2.45, 2.75) is 17.2 Å². The molecule has 1 N–H and O–H groups in total. The molecule has 0 aliphatic carbocycles. The maximum atomic E-state index is 12.5. The number of benzene rings is 2. The van der Waals surface area contributed by atoms with Crippen molar-refractivity contribution >= 4 is 23.1 Å². The van der Waals surface area contributed by atoms with Gasteiger partial charge >= 0.3 is 0 Å². The van der Waals surface area contributed by atoms with E-state index in [0.29, 0.717) is 23.2 Å². The molecule has 2 rings (SSSR count). The Kier molecular flexibility index (Phi) is 5.44. The number of thioether (sulfide) groups is 1. The molecule has 0 heterocycles. The van der Waals surface area contributed by atoms with E-state index in [9.17, 15) is 8.78 Å². The second kappa shape index (κ2) is 7.31. The van der Waals surface area contributed by atoms with Gasteiger partial charge in [-0.1, -0.05) is 36.0 Å². The van der Waals surface area contributed by atoms with Gasteiger partial charge in [0.1, 0.15) is 0 Å². The highest BCUT2D eigenvalue weighted by molar-refractivity contribution is 7.99. The number of nitrogens with one attached hydrogen (secondary N) is 1. The van der Waals surface area contributed by atoms with Gasteiger partial charge in [0.25, 0.3) is 5.76 Å². The Bertz CT molecular complexity index is 571. The lowest BCUT2D eigenvalue weighted by Crippen LogP contribution is -2.08. The lowest BCUT2D eigenvalue weighted by atomic mass is 10.2. The molecule has 0 fully saturated rings. The molecular formula is C16H18F2N2S. The van der Waals surface area contributed by atoms with Crippen LogP contribution in [0, 0.1) is 0 Å². The molecule has 0 aromatic heterocycles. The predicted octanol–water partition coefficient (Wildman–Crippen LogP) is 4.68. The summed E-state index contributed by atoms with van der Waals surface area (Å²) in [6.07, 6.45) is 0. The zero-order chi connectivity index (χ0) is 15.2. The van der Waals surface area contributed by atoms with Crippen molar-refractivity contribution in [3.05, 3.63) is 54.1 Å². The normalized spacial score (nSPS) is 10.7. The largest absolute Gasteiger partial charge is 0.380 e. The summed E-state index contributed by atoms with van der Waals surface area (Å²) in [5.74, 6) is -2.41. The molecule has 5 heteroatoms. The van der Waals surface area contributed by atoms with Crippen molar-refractivity contribution in [2.24, 2.45) is 0 Å². The number of anilines is 2. The molecule has 0 unspecified atom stereocenters. The Hall–Kier alpha value is -1.75. The fraction of sp³-hybridized carbons (Fsp3) is 0.250. The highest BCUT2D eigenvalue weighted by Crippen LogP contribution is 2.31. The highest BCUT2D eigenvalue weighted by atomic mass is 32.2. The van der Waals surface area contributed by atoms with Crippen LogP contribution in [-0.2, 0) is 6.54 Å². The van der Waals surface area contributed by atoms with Crippen LogP contribution in [0.5, 0.6) is 0 Å². The Morgan fingerprint density at radius 2 is 1.71 bits per heavy atom. The monoisotopic (exact) mass is 308 g/mol. The van der Waals surface area contributed by atoms with Gasteiger partial charge in [-0.25, -0.2) is 0 Å². The minimum Gasteiger partial charge on any atom is -0.380 e. The van der Waals surface area contributed by atoms with Crippen LogP contribution in [-0.4, -0.2) is 19.9 Å². The Labute approximate surface area is 128 Å². The van der Waals surface area contributed by atoms with Gasteiger partial charge in [-0.15, -0.1) is 0 Å². The van der Waals surface area contributed by atoms with Crippen LogP contribution in [0.15, 0.2) is 53.4 Å². The first-order chi connectivity index (χ1) is 10.1. The van der Waals surface area contributed by atoms with Crippen molar-refractivity contribution in [3.63, 3.8) is 0 Å². The summed E-state index contributed by atoms with van der Waals surface area (Å²) in [5.41, 5.74) is 2.98. The Balaban J connectivity index is 2.02. The second-order valence-electron chi connectivity index (χ2n) is 4.79. The number of halogens is 2. The van der Waals surface area contributed by atoms with Crippen LogP contribution in [0.25, 0.3) is 0 Å². The Morgan fingerprint density at radius 3 is 2.33 bits per heavy atom. The predicted molar refractivity (Wildman–Crippen MR) is 86.4 cm³/mol. The van der Waals surface area contributed by atoms with Crippen LogP contribution >= 0.6 is 11.8 Å². The Morgan fingerprint density at radius 1 is 1.05 bits per heavy atom. The molecule has 0 saturated heterocycles. The topological polar surface area (TPSA) is 15.3 Å². The van der Waals surface area contributed by atoms with Crippen molar-refractivity contribution in [2.75, 3.05) is 24.3 Å². The molecule has 0 saturated carbocycles. The van der Waals surface area contributed by atoms with E-state index in [0.717, 1.165) is 16.9 Å². The zero-order valence-electron chi connectivity index (χ0n) is 12.0. The molecule has 0 aliphatic rings. The fourth-order valence-corrected chi connectivity index (χ4v) is 2.54. The van der Waals surface area contributed by atoms with E-state index in [1.54, 1.807) is 12.1 Å². The number of alkyl halides is 2. The quantitative estimate of drug-likeness (QED) is 0.780. The summed E-state index contributed by atoms with van der Waals surface area (Å²) in [4.78, 5) is 2.60. The van der Waals surface area contributed by atoms with Gasteiger partial charge < -0.3 is 10.2 Å². The van der Waals surface area contributed by atoms with E-state index in [2.05, 4.69) is 5.32 Å². The summed E-state index contributed by atoms with van der Waals surface area (Å²) < 4.78 is 25.0. The van der Waals surface area contributed by atoms with E-state index < -0.39 is 5.76 Å². The van der Waals surface area contributed by atoms with Gasteiger partial charge in [0, 0.05) is 36.9 Å². The third-order valence-corrected chi connectivity index (χ3v) is 3.83. The summed E-state index contributed by atoms with van der Waals surface area (Å²) >= 11 is 0.564. The minimum atomic E-state index is -2.41. The van der Waals surface area contributed by atoms with Gasteiger partial charge in [0.05, 0.1) is 0 Å². The average Bonchev–Trinajstić information content (AvgIpc) is 2.46. The number of hydrogen-bond donors (Lipinski definition) is 1. The smallest absolute Gasteiger partial charge is 0.288 e. The second-order valence-corrected chi connectivity index (χ2v) is 5.82. The molecule has 112 valence electrons. The maximum absolute atomic E-state index is 12.5. The van der Waals surface area contributed by atoms with E-state index >= 15 is 0 Å². The van der Waals surface area contributed by atoms with Crippen LogP contribution in [0.2, 0.25) is 0 Å². The lowest BCUT2D eigenvalue weighted by molar-refractivity contribution is 0.252. The van der Waals surface area contributed by atoms with E-state index in [1.165, 1.54) is 0 Å². The van der Waals surface area contributed by atoms with E-state index in [1.807, 2.05) is 55.4 Å². The third kappa shape index (κ3) is 4.63. The molecule has 21 heavy (non-hydrogen) atoms. The van der Waals surface area contributed by atoms with Crippen molar-refractivity contribution in [3.8, 4) is 0 Å². The molecule has 0 spiro atoms. The van der Waals surface area contributed by atoms with E-state index in [4.69, 9.17) is 0 Å². The van der Waals surface area contributed by atoms with Crippen LogP contribution < -0.4 is 10.2 Å². The molecule has 0 bridgehead atoms. The molecule has 0 aliphatic heterocycles. The molecule has 0 amide bonds. The van der Waals surface area contributed by atoms with Crippen molar-refractivity contribution in [1.29, 1.82) is 0 Å². The van der Waals surface area contributed by atoms with E-state index in [-0.39, 0.29) is 0 Å². The molecular weight excluding hydrogens is 290 g/mol. The van der Waals surface area contributed by atoms with Crippen LogP contribution in [0.4, 0.5) is 20.2 Å². The number of hydrogen-bond acceptors (Lipinski definition) is 3. The van der Waals surface area contributed by atoms with Gasteiger partial charge in [-0.05, 0) is 29.8 Å². The first-order valence-corrected chi connectivity index (χ1v) is 7.48. The summed E-state index contributed by atoms with van der Waals surface area (Å²) in [6.45, 7) is 0.606. The van der Waals surface area contributed by atoms with Crippen molar-refractivity contribution < 1.29 is 8.78 Å². The molecule has 0 radical (unpaired) electrons.